The minimum Gasteiger partial charge on any atom is -0.494 e. The van der Waals surface area contributed by atoms with Crippen LogP contribution in [0.15, 0.2) is 29.1 Å². The van der Waals surface area contributed by atoms with Gasteiger partial charge >= 0.3 is 0 Å². The molecule has 1 aromatic carbocycles. The van der Waals surface area contributed by atoms with Crippen LogP contribution in [0.1, 0.15) is 58.4 Å². The van der Waals surface area contributed by atoms with Gasteiger partial charge in [-0.05, 0) is 69.3 Å². The van der Waals surface area contributed by atoms with Crippen LogP contribution in [0.4, 0.5) is 0 Å². The fraction of sp³-hybridized carbons (Fsp3) is 0.600. The number of nitrogens with one attached hydrogen (secondary N) is 2. The van der Waals surface area contributed by atoms with Gasteiger partial charge in [-0.3, -0.25) is 4.79 Å². The molecule has 0 bridgehead atoms. The highest BCUT2D eigenvalue weighted by Gasteiger charge is 2.19. The summed E-state index contributed by atoms with van der Waals surface area (Å²) in [6, 6.07) is 8.19. The van der Waals surface area contributed by atoms with Crippen LogP contribution in [0.3, 0.4) is 0 Å². The molecule has 0 saturated heterocycles. The average molecular weight is 459 g/mol. The zero-order valence-corrected chi connectivity index (χ0v) is 20.6. The molecule has 1 aliphatic rings. The van der Waals surface area contributed by atoms with Gasteiger partial charge in [-0.1, -0.05) is 33.1 Å². The third kappa shape index (κ3) is 6.69. The van der Waals surface area contributed by atoms with Crippen molar-refractivity contribution in [3.63, 3.8) is 0 Å². The standard InChI is InChI=1S/C25H38N4O2S/c1-4-28(5-2)14-15-29(25(32)26-21-10-8-7-9-11-21)18-20-16-19-17-22(31-6-3)12-13-23(19)27-24(20)30/h12-13,16-17,21H,4-11,14-15,18H2,1-3H3,(H,26,32)(H,27,30). The molecular formula is C25H38N4O2S. The Bertz CT molecular complexity index is 935. The first-order valence-electron chi connectivity index (χ1n) is 12.1. The van der Waals surface area contributed by atoms with Crippen LogP contribution < -0.4 is 15.6 Å². The van der Waals surface area contributed by atoms with Crippen LogP contribution in [0.25, 0.3) is 10.9 Å². The van der Waals surface area contributed by atoms with E-state index in [0.717, 1.165) is 53.5 Å². The molecule has 1 fully saturated rings. The molecule has 0 atom stereocenters. The summed E-state index contributed by atoms with van der Waals surface area (Å²) < 4.78 is 5.64. The number of hydrogen-bond donors (Lipinski definition) is 2. The molecule has 0 amide bonds. The summed E-state index contributed by atoms with van der Waals surface area (Å²) in [6.45, 7) is 11.1. The van der Waals surface area contributed by atoms with Crippen LogP contribution in [0.5, 0.6) is 5.75 Å². The second-order valence-corrected chi connectivity index (χ2v) is 8.93. The Morgan fingerprint density at radius 2 is 1.88 bits per heavy atom. The molecule has 176 valence electrons. The van der Waals surface area contributed by atoms with Crippen molar-refractivity contribution in [3.05, 3.63) is 40.2 Å². The highest BCUT2D eigenvalue weighted by molar-refractivity contribution is 7.80. The van der Waals surface area contributed by atoms with Gasteiger partial charge in [0.15, 0.2) is 5.11 Å². The van der Waals surface area contributed by atoms with Crippen LogP contribution >= 0.6 is 12.2 Å². The predicted octanol–water partition coefficient (Wildman–Crippen LogP) is 4.28. The van der Waals surface area contributed by atoms with Gasteiger partial charge in [-0.2, -0.15) is 0 Å². The predicted molar refractivity (Wildman–Crippen MR) is 137 cm³/mol. The molecular weight excluding hydrogens is 420 g/mol. The molecule has 0 radical (unpaired) electrons. The summed E-state index contributed by atoms with van der Waals surface area (Å²) in [5.74, 6) is 0.811. The van der Waals surface area contributed by atoms with Crippen molar-refractivity contribution in [1.29, 1.82) is 0 Å². The van der Waals surface area contributed by atoms with Crippen molar-refractivity contribution < 1.29 is 4.74 Å². The molecule has 0 aliphatic heterocycles. The summed E-state index contributed by atoms with van der Waals surface area (Å²) in [6.07, 6.45) is 6.16. The molecule has 6 nitrogen and oxygen atoms in total. The number of aromatic amines is 1. The molecule has 3 rings (SSSR count). The molecule has 1 aromatic heterocycles. The van der Waals surface area contributed by atoms with E-state index in [9.17, 15) is 4.79 Å². The Morgan fingerprint density at radius 3 is 2.56 bits per heavy atom. The SMILES string of the molecule is CCOc1ccc2[nH]c(=O)c(CN(CCN(CC)CC)C(=S)NC3CCCCC3)cc2c1. The quantitative estimate of drug-likeness (QED) is 0.518. The Morgan fingerprint density at radius 1 is 1.12 bits per heavy atom. The lowest BCUT2D eigenvalue weighted by Crippen LogP contribution is -2.47. The summed E-state index contributed by atoms with van der Waals surface area (Å²) in [5, 5.41) is 5.32. The Labute approximate surface area is 197 Å². The molecule has 2 aromatic rings. The Kier molecular flexibility index (Phi) is 9.36. The summed E-state index contributed by atoms with van der Waals surface area (Å²) in [4.78, 5) is 20.4. The minimum absolute atomic E-state index is 0.0602. The van der Waals surface area contributed by atoms with Crippen LogP contribution in [-0.2, 0) is 6.54 Å². The number of aromatic nitrogens is 1. The second-order valence-electron chi connectivity index (χ2n) is 8.54. The van der Waals surface area contributed by atoms with Gasteiger partial charge < -0.3 is 24.8 Å². The molecule has 0 unspecified atom stereocenters. The van der Waals surface area contributed by atoms with Gasteiger partial charge in [0, 0.05) is 35.6 Å². The highest BCUT2D eigenvalue weighted by Crippen LogP contribution is 2.20. The number of likely N-dealkylation sites (N-methyl/N-ethyl adjacent to an activating group) is 1. The van der Waals surface area contributed by atoms with Gasteiger partial charge in [0.2, 0.25) is 0 Å². The van der Waals surface area contributed by atoms with Crippen molar-refractivity contribution >= 4 is 28.2 Å². The zero-order valence-electron chi connectivity index (χ0n) is 19.8. The van der Waals surface area contributed by atoms with Crippen molar-refractivity contribution in [2.75, 3.05) is 32.8 Å². The third-order valence-electron chi connectivity index (χ3n) is 6.37. The number of pyridine rings is 1. The molecule has 1 aliphatic carbocycles. The van der Waals surface area contributed by atoms with E-state index < -0.39 is 0 Å². The Balaban J connectivity index is 1.81. The molecule has 2 N–H and O–H groups in total. The largest absolute Gasteiger partial charge is 0.494 e. The van der Waals surface area contributed by atoms with E-state index in [-0.39, 0.29) is 5.56 Å². The lowest BCUT2D eigenvalue weighted by atomic mass is 9.96. The molecule has 1 heterocycles. The molecule has 32 heavy (non-hydrogen) atoms. The molecule has 1 saturated carbocycles. The van der Waals surface area contributed by atoms with E-state index in [1.54, 1.807) is 0 Å². The van der Waals surface area contributed by atoms with Gasteiger partial charge in [0.25, 0.3) is 5.56 Å². The maximum absolute atomic E-state index is 12.9. The number of hydrogen-bond acceptors (Lipinski definition) is 4. The number of rotatable bonds is 10. The van der Waals surface area contributed by atoms with E-state index in [1.807, 2.05) is 31.2 Å². The number of benzene rings is 1. The van der Waals surface area contributed by atoms with Crippen molar-refractivity contribution in [1.82, 2.24) is 20.1 Å². The van der Waals surface area contributed by atoms with Crippen molar-refractivity contribution in [2.45, 2.75) is 65.5 Å². The summed E-state index contributed by atoms with van der Waals surface area (Å²) in [5.41, 5.74) is 1.48. The van der Waals surface area contributed by atoms with Gasteiger partial charge in [-0.15, -0.1) is 0 Å². The lowest BCUT2D eigenvalue weighted by molar-refractivity contribution is 0.261. The first-order valence-corrected chi connectivity index (χ1v) is 12.5. The fourth-order valence-corrected chi connectivity index (χ4v) is 4.70. The van der Waals surface area contributed by atoms with Crippen LogP contribution in [0, 0.1) is 0 Å². The van der Waals surface area contributed by atoms with Gasteiger partial charge in [0.05, 0.1) is 13.2 Å². The van der Waals surface area contributed by atoms with Crippen LogP contribution in [-0.4, -0.2) is 58.7 Å². The number of H-pyrrole nitrogens is 1. The van der Waals surface area contributed by atoms with Crippen molar-refractivity contribution in [3.8, 4) is 5.75 Å². The minimum atomic E-state index is -0.0602. The Hall–Kier alpha value is -2.12. The normalized spacial score (nSPS) is 14.6. The van der Waals surface area contributed by atoms with Gasteiger partial charge in [-0.25, -0.2) is 0 Å². The third-order valence-corrected chi connectivity index (χ3v) is 6.74. The molecule has 0 spiro atoms. The van der Waals surface area contributed by atoms with E-state index in [0.29, 0.717) is 19.2 Å². The van der Waals surface area contributed by atoms with Crippen molar-refractivity contribution in [2.24, 2.45) is 0 Å². The summed E-state index contributed by atoms with van der Waals surface area (Å²) >= 11 is 5.84. The number of ether oxygens (including phenoxy) is 1. The molecule has 7 heteroatoms. The second kappa shape index (κ2) is 12.2. The highest BCUT2D eigenvalue weighted by atomic mass is 32.1. The number of fused-ring (bicyclic) bond motifs is 1. The number of nitrogens with zero attached hydrogens (tertiary/aromatic N) is 2. The smallest absolute Gasteiger partial charge is 0.253 e. The lowest BCUT2D eigenvalue weighted by Gasteiger charge is -2.32. The zero-order chi connectivity index (χ0) is 22.9. The van der Waals surface area contributed by atoms with Gasteiger partial charge in [0.1, 0.15) is 5.75 Å². The van der Waals surface area contributed by atoms with Crippen LogP contribution in [0.2, 0.25) is 0 Å². The maximum Gasteiger partial charge on any atom is 0.253 e. The summed E-state index contributed by atoms with van der Waals surface area (Å²) in [7, 11) is 0. The average Bonchev–Trinajstić information content (AvgIpc) is 2.80. The fourth-order valence-electron chi connectivity index (χ4n) is 4.38. The number of thiocarbonyl (C=S) groups is 1. The topological polar surface area (TPSA) is 60.6 Å². The monoisotopic (exact) mass is 458 g/mol. The van der Waals surface area contributed by atoms with E-state index in [4.69, 9.17) is 17.0 Å². The maximum atomic E-state index is 12.9. The first-order chi connectivity index (χ1) is 15.5. The first kappa shape index (κ1) is 24.5. The van der Waals surface area contributed by atoms with E-state index in [1.165, 1.54) is 32.1 Å². The van der Waals surface area contributed by atoms with E-state index >= 15 is 0 Å². The van der Waals surface area contributed by atoms with E-state index in [2.05, 4.69) is 33.9 Å².